The van der Waals surface area contributed by atoms with E-state index in [9.17, 15) is 9.59 Å². The van der Waals surface area contributed by atoms with Crippen molar-refractivity contribution in [3.63, 3.8) is 0 Å². The Hall–Kier alpha value is -2.73. The van der Waals surface area contributed by atoms with Crippen LogP contribution in [0.4, 0.5) is 0 Å². The molecule has 2 fully saturated rings. The molecule has 1 aliphatic heterocycles. The number of carbonyl (C=O) groups excluding carboxylic acids is 2. The summed E-state index contributed by atoms with van der Waals surface area (Å²) in [6.07, 6.45) is 5.85. The first-order chi connectivity index (χ1) is 13.6. The molecule has 0 radical (unpaired) electrons. The van der Waals surface area contributed by atoms with Gasteiger partial charge in [-0.1, -0.05) is 24.3 Å². The minimum absolute atomic E-state index is 0.135. The molecular formula is C22H25N3O3. The fraction of sp³-hybridized carbons (Fsp3) is 0.409. The Morgan fingerprint density at radius 2 is 2.00 bits per heavy atom. The van der Waals surface area contributed by atoms with Gasteiger partial charge >= 0.3 is 0 Å². The monoisotopic (exact) mass is 379 g/mol. The van der Waals surface area contributed by atoms with E-state index in [0.717, 1.165) is 29.5 Å². The second-order valence-electron chi connectivity index (χ2n) is 7.57. The lowest BCUT2D eigenvalue weighted by molar-refractivity contribution is -0.166. The van der Waals surface area contributed by atoms with Crippen LogP contribution in [0, 0.1) is 5.92 Å². The summed E-state index contributed by atoms with van der Waals surface area (Å²) in [5.41, 5.74) is 2.07. The van der Waals surface area contributed by atoms with Crippen molar-refractivity contribution in [2.45, 2.75) is 24.9 Å². The zero-order valence-electron chi connectivity index (χ0n) is 16.1. The molecular weight excluding hydrogens is 354 g/mol. The first kappa shape index (κ1) is 18.6. The zero-order chi connectivity index (χ0) is 19.6. The van der Waals surface area contributed by atoms with Crippen LogP contribution in [0.5, 0.6) is 0 Å². The third-order valence-corrected chi connectivity index (χ3v) is 5.50. The van der Waals surface area contributed by atoms with Gasteiger partial charge in [0.2, 0.25) is 5.91 Å². The van der Waals surface area contributed by atoms with Crippen LogP contribution in [0.2, 0.25) is 0 Å². The van der Waals surface area contributed by atoms with Gasteiger partial charge in [-0.05, 0) is 41.7 Å². The largest absolute Gasteiger partial charge is 0.361 e. The maximum absolute atomic E-state index is 12.8. The van der Waals surface area contributed by atoms with Gasteiger partial charge in [0, 0.05) is 38.3 Å². The van der Waals surface area contributed by atoms with Gasteiger partial charge in [0.15, 0.2) is 5.60 Å². The minimum atomic E-state index is -1.06. The standard InChI is InChI=1S/C22H25N3O3/c1-23-21(27)22(15-25(11-12-28-22)20(26)18-5-6-18)14-16-3-2-4-19(13-16)17-7-9-24-10-8-17/h2-4,7-10,13,18H,5-6,11-12,14-15H2,1H3,(H,23,27)/t22-/m1/s1. The molecule has 1 N–H and O–H groups in total. The normalized spacial score (nSPS) is 22.0. The van der Waals surface area contributed by atoms with Crippen LogP contribution < -0.4 is 5.32 Å². The smallest absolute Gasteiger partial charge is 0.254 e. The molecule has 4 rings (SSSR count). The number of benzene rings is 1. The van der Waals surface area contributed by atoms with E-state index in [0.29, 0.717) is 26.1 Å². The SMILES string of the molecule is CNC(=O)[C@@]1(Cc2cccc(-c3ccncc3)c2)CN(C(=O)C2CC2)CCO1. The summed E-state index contributed by atoms with van der Waals surface area (Å²) in [4.78, 5) is 31.3. The van der Waals surface area contributed by atoms with Crippen LogP contribution in [0.25, 0.3) is 11.1 Å². The Morgan fingerprint density at radius 3 is 2.71 bits per heavy atom. The summed E-state index contributed by atoms with van der Waals surface area (Å²) in [7, 11) is 1.61. The summed E-state index contributed by atoms with van der Waals surface area (Å²) in [6.45, 7) is 1.21. The maximum Gasteiger partial charge on any atom is 0.254 e. The number of aromatic nitrogens is 1. The van der Waals surface area contributed by atoms with E-state index >= 15 is 0 Å². The van der Waals surface area contributed by atoms with Crippen molar-refractivity contribution in [3.05, 3.63) is 54.4 Å². The van der Waals surface area contributed by atoms with Crippen molar-refractivity contribution in [2.24, 2.45) is 5.92 Å². The number of amides is 2. The molecule has 1 aromatic heterocycles. The highest BCUT2D eigenvalue weighted by Gasteiger charge is 2.46. The number of nitrogens with zero attached hydrogens (tertiary/aromatic N) is 2. The highest BCUT2D eigenvalue weighted by molar-refractivity contribution is 5.88. The molecule has 0 spiro atoms. The van der Waals surface area contributed by atoms with E-state index in [-0.39, 0.29) is 17.7 Å². The molecule has 28 heavy (non-hydrogen) atoms. The molecule has 1 aromatic carbocycles. The first-order valence-corrected chi connectivity index (χ1v) is 9.75. The fourth-order valence-electron chi connectivity index (χ4n) is 3.85. The van der Waals surface area contributed by atoms with Crippen molar-refractivity contribution >= 4 is 11.8 Å². The molecule has 2 heterocycles. The van der Waals surface area contributed by atoms with E-state index in [4.69, 9.17) is 4.74 Å². The van der Waals surface area contributed by atoms with Gasteiger partial charge in [0.05, 0.1) is 13.2 Å². The third kappa shape index (κ3) is 3.78. The van der Waals surface area contributed by atoms with Gasteiger partial charge < -0.3 is 15.0 Å². The highest BCUT2D eigenvalue weighted by atomic mass is 16.5. The van der Waals surface area contributed by atoms with Crippen LogP contribution >= 0.6 is 0 Å². The van der Waals surface area contributed by atoms with Crippen LogP contribution in [0.15, 0.2) is 48.8 Å². The Morgan fingerprint density at radius 1 is 1.21 bits per heavy atom. The van der Waals surface area contributed by atoms with Crippen molar-refractivity contribution in [3.8, 4) is 11.1 Å². The lowest BCUT2D eigenvalue weighted by atomic mass is 9.89. The van der Waals surface area contributed by atoms with Gasteiger partial charge in [0.25, 0.3) is 5.91 Å². The minimum Gasteiger partial charge on any atom is -0.361 e. The molecule has 1 saturated carbocycles. The predicted molar refractivity (Wildman–Crippen MR) is 105 cm³/mol. The van der Waals surface area contributed by atoms with Crippen molar-refractivity contribution in [1.82, 2.24) is 15.2 Å². The number of nitrogens with one attached hydrogen (secondary N) is 1. The van der Waals surface area contributed by atoms with Crippen LogP contribution in [-0.2, 0) is 20.7 Å². The molecule has 2 amide bonds. The van der Waals surface area contributed by atoms with E-state index < -0.39 is 5.60 Å². The summed E-state index contributed by atoms with van der Waals surface area (Å²) < 4.78 is 6.03. The number of ether oxygens (including phenoxy) is 1. The molecule has 6 heteroatoms. The molecule has 0 unspecified atom stereocenters. The van der Waals surface area contributed by atoms with E-state index in [1.807, 2.05) is 35.2 Å². The molecule has 1 saturated heterocycles. The average molecular weight is 379 g/mol. The van der Waals surface area contributed by atoms with Gasteiger partial charge in [-0.3, -0.25) is 14.6 Å². The van der Waals surface area contributed by atoms with Crippen LogP contribution in [0.1, 0.15) is 18.4 Å². The van der Waals surface area contributed by atoms with Crippen molar-refractivity contribution < 1.29 is 14.3 Å². The second kappa shape index (κ2) is 7.72. The molecule has 146 valence electrons. The molecule has 1 atom stereocenters. The molecule has 1 aliphatic carbocycles. The number of carbonyl (C=O) groups is 2. The molecule has 6 nitrogen and oxygen atoms in total. The number of likely N-dealkylation sites (N-methyl/N-ethyl adjacent to an activating group) is 1. The lowest BCUT2D eigenvalue weighted by Gasteiger charge is -2.41. The molecule has 0 bridgehead atoms. The van der Waals surface area contributed by atoms with E-state index in [1.165, 1.54) is 0 Å². The summed E-state index contributed by atoms with van der Waals surface area (Å²) in [5, 5.41) is 2.74. The Kier molecular flexibility index (Phi) is 5.13. The molecule has 2 aromatic rings. The van der Waals surface area contributed by atoms with Crippen molar-refractivity contribution in [2.75, 3.05) is 26.7 Å². The summed E-state index contributed by atoms with van der Waals surface area (Å²) in [6, 6.07) is 12.0. The van der Waals surface area contributed by atoms with Gasteiger partial charge in [-0.15, -0.1) is 0 Å². The van der Waals surface area contributed by atoms with E-state index in [2.05, 4.69) is 16.4 Å². The number of hydrogen-bond donors (Lipinski definition) is 1. The van der Waals surface area contributed by atoms with Gasteiger partial charge in [-0.2, -0.15) is 0 Å². The Balaban J connectivity index is 1.60. The number of hydrogen-bond acceptors (Lipinski definition) is 4. The predicted octanol–water partition coefficient (Wildman–Crippen LogP) is 2.04. The Labute approximate surface area is 164 Å². The number of rotatable bonds is 5. The lowest BCUT2D eigenvalue weighted by Crippen LogP contribution is -2.61. The highest BCUT2D eigenvalue weighted by Crippen LogP contribution is 2.33. The topological polar surface area (TPSA) is 71.5 Å². The van der Waals surface area contributed by atoms with Crippen molar-refractivity contribution in [1.29, 1.82) is 0 Å². The second-order valence-corrected chi connectivity index (χ2v) is 7.57. The van der Waals surface area contributed by atoms with E-state index in [1.54, 1.807) is 19.4 Å². The number of morpholine rings is 1. The van der Waals surface area contributed by atoms with Gasteiger partial charge in [-0.25, -0.2) is 0 Å². The summed E-state index contributed by atoms with van der Waals surface area (Å²) in [5.74, 6) is 0.104. The first-order valence-electron chi connectivity index (χ1n) is 9.75. The molecule has 2 aliphatic rings. The quantitative estimate of drug-likeness (QED) is 0.863. The van der Waals surface area contributed by atoms with Crippen LogP contribution in [0.3, 0.4) is 0 Å². The third-order valence-electron chi connectivity index (χ3n) is 5.50. The average Bonchev–Trinajstić information content (AvgIpc) is 3.59. The fourth-order valence-corrected chi connectivity index (χ4v) is 3.85. The number of pyridine rings is 1. The zero-order valence-corrected chi connectivity index (χ0v) is 16.1. The van der Waals surface area contributed by atoms with Crippen LogP contribution in [-0.4, -0.2) is 54.0 Å². The summed E-state index contributed by atoms with van der Waals surface area (Å²) >= 11 is 0. The van der Waals surface area contributed by atoms with Gasteiger partial charge in [0.1, 0.15) is 0 Å². The maximum atomic E-state index is 12.8. The Bertz CT molecular complexity index is 866.